The summed E-state index contributed by atoms with van der Waals surface area (Å²) < 4.78 is 44.6. The number of epoxide rings is 2. The van der Waals surface area contributed by atoms with E-state index in [1.165, 1.54) is 0 Å². The van der Waals surface area contributed by atoms with E-state index in [1.807, 2.05) is 41.5 Å². The minimum atomic E-state index is -0.348. The molecule has 198 valence electrons. The molecule has 2 saturated heterocycles. The molecule has 0 spiro atoms. The summed E-state index contributed by atoms with van der Waals surface area (Å²) in [5.41, 5.74) is 6.42. The molecule has 4 rings (SSSR count). The third-order valence-corrected chi connectivity index (χ3v) is 6.10. The van der Waals surface area contributed by atoms with E-state index in [0.29, 0.717) is 13.2 Å². The zero-order valence-electron chi connectivity index (χ0n) is 22.1. The van der Waals surface area contributed by atoms with Gasteiger partial charge in [-0.2, -0.15) is 0 Å². The molecular formula is C28H38O8. The Morgan fingerprint density at radius 1 is 0.639 bits per heavy atom. The van der Waals surface area contributed by atoms with Gasteiger partial charge in [-0.3, -0.25) is 0 Å². The molecule has 0 N–H and O–H groups in total. The van der Waals surface area contributed by atoms with E-state index in [9.17, 15) is 0 Å². The zero-order chi connectivity index (χ0) is 25.7. The van der Waals surface area contributed by atoms with Gasteiger partial charge in [0.15, 0.2) is 26.2 Å². The maximum absolute atomic E-state index is 5.93. The minimum Gasteiger partial charge on any atom is -0.467 e. The fraction of sp³-hybridized carbons (Fsp3) is 0.571. The fourth-order valence-electron chi connectivity index (χ4n) is 3.98. The van der Waals surface area contributed by atoms with Crippen molar-refractivity contribution >= 4 is 0 Å². The van der Waals surface area contributed by atoms with Gasteiger partial charge in [-0.15, -0.1) is 0 Å². The highest BCUT2D eigenvalue weighted by Gasteiger charge is 2.24. The molecule has 0 radical (unpaired) electrons. The second-order valence-corrected chi connectivity index (χ2v) is 9.45. The molecule has 0 amide bonds. The summed E-state index contributed by atoms with van der Waals surface area (Å²) in [6.45, 7) is 14.8. The summed E-state index contributed by atoms with van der Waals surface area (Å²) in [6, 6.07) is 8.53. The molecule has 4 unspecified atom stereocenters. The lowest BCUT2D eigenvalue weighted by Crippen LogP contribution is -2.19. The Labute approximate surface area is 213 Å². The molecule has 0 bridgehead atoms. The maximum atomic E-state index is 5.93. The van der Waals surface area contributed by atoms with Gasteiger partial charge in [-0.25, -0.2) is 0 Å². The summed E-state index contributed by atoms with van der Waals surface area (Å²) in [7, 11) is 0. The number of ether oxygens (including phenoxy) is 8. The maximum Gasteiger partial charge on any atom is 0.191 e. The Morgan fingerprint density at radius 3 is 1.28 bits per heavy atom. The second kappa shape index (κ2) is 12.4. The smallest absolute Gasteiger partial charge is 0.191 e. The molecule has 8 nitrogen and oxygen atoms in total. The van der Waals surface area contributed by atoms with E-state index in [1.54, 1.807) is 0 Å². The summed E-state index contributed by atoms with van der Waals surface area (Å²) in [5.74, 6) is 1.65. The summed E-state index contributed by atoms with van der Waals surface area (Å²) in [5, 5.41) is 0. The van der Waals surface area contributed by atoms with E-state index in [4.69, 9.17) is 37.9 Å². The first-order valence-corrected chi connectivity index (χ1v) is 12.5. The first kappa shape index (κ1) is 26.9. The van der Waals surface area contributed by atoms with Crippen molar-refractivity contribution < 1.29 is 37.9 Å². The van der Waals surface area contributed by atoms with Crippen molar-refractivity contribution in [2.45, 2.75) is 66.3 Å². The van der Waals surface area contributed by atoms with E-state index in [-0.39, 0.29) is 38.4 Å². The number of benzene rings is 2. The molecule has 0 aromatic heterocycles. The number of aryl methyl sites for hydroxylation is 4. The van der Waals surface area contributed by atoms with Crippen LogP contribution >= 0.6 is 0 Å². The van der Waals surface area contributed by atoms with Crippen LogP contribution in [-0.4, -0.2) is 64.8 Å². The Balaban J connectivity index is 1.31. The van der Waals surface area contributed by atoms with Crippen molar-refractivity contribution in [1.29, 1.82) is 0 Å². The molecule has 2 aliphatic rings. The molecule has 2 fully saturated rings. The van der Waals surface area contributed by atoms with Crippen LogP contribution in [0.15, 0.2) is 24.3 Å². The van der Waals surface area contributed by atoms with E-state index in [0.717, 1.165) is 58.1 Å². The minimum absolute atomic E-state index is 0.123. The normalized spacial score (nSPS) is 20.2. The average Bonchev–Trinajstić information content (AvgIpc) is 3.74. The largest absolute Gasteiger partial charge is 0.467 e. The van der Waals surface area contributed by atoms with Crippen molar-refractivity contribution in [1.82, 2.24) is 0 Å². The highest BCUT2D eigenvalue weighted by Crippen LogP contribution is 2.34. The predicted octanol–water partition coefficient (Wildman–Crippen LogP) is 4.82. The van der Waals surface area contributed by atoms with Crippen LogP contribution in [0.5, 0.6) is 11.5 Å². The third kappa shape index (κ3) is 7.90. The van der Waals surface area contributed by atoms with Crippen LogP contribution in [0.25, 0.3) is 11.1 Å². The lowest BCUT2D eigenvalue weighted by atomic mass is 9.96. The molecule has 36 heavy (non-hydrogen) atoms. The van der Waals surface area contributed by atoms with Crippen molar-refractivity contribution in [2.24, 2.45) is 0 Å². The van der Waals surface area contributed by atoms with Gasteiger partial charge in [-0.05, 0) is 99.2 Å². The first-order chi connectivity index (χ1) is 17.3. The lowest BCUT2D eigenvalue weighted by Gasteiger charge is -2.19. The van der Waals surface area contributed by atoms with Crippen LogP contribution in [0, 0.1) is 27.7 Å². The van der Waals surface area contributed by atoms with Crippen LogP contribution < -0.4 is 9.47 Å². The Bertz CT molecular complexity index is 887. The summed E-state index contributed by atoms with van der Waals surface area (Å²) in [6.07, 6.45) is -0.268. The number of rotatable bonds is 15. The molecule has 8 heteroatoms. The third-order valence-electron chi connectivity index (χ3n) is 6.10. The Kier molecular flexibility index (Phi) is 9.22. The van der Waals surface area contributed by atoms with Crippen molar-refractivity contribution in [3.8, 4) is 22.6 Å². The average molecular weight is 503 g/mol. The topological polar surface area (TPSA) is 80.4 Å². The van der Waals surface area contributed by atoms with Crippen LogP contribution in [0.2, 0.25) is 0 Å². The number of hydrogen-bond acceptors (Lipinski definition) is 8. The molecule has 0 aliphatic carbocycles. The van der Waals surface area contributed by atoms with Crippen molar-refractivity contribution in [3.63, 3.8) is 0 Å². The monoisotopic (exact) mass is 502 g/mol. The Morgan fingerprint density at radius 2 is 0.972 bits per heavy atom. The van der Waals surface area contributed by atoms with Gasteiger partial charge >= 0.3 is 0 Å². The highest BCUT2D eigenvalue weighted by molar-refractivity contribution is 5.70. The fourth-order valence-corrected chi connectivity index (χ4v) is 3.98. The molecule has 2 aromatic carbocycles. The van der Waals surface area contributed by atoms with E-state index < -0.39 is 0 Å². The van der Waals surface area contributed by atoms with Gasteiger partial charge in [0.25, 0.3) is 0 Å². The second-order valence-electron chi connectivity index (χ2n) is 9.45. The molecule has 0 saturated carbocycles. The molecule has 2 aromatic rings. The molecule has 4 atom stereocenters. The van der Waals surface area contributed by atoms with Gasteiger partial charge < -0.3 is 37.9 Å². The highest BCUT2D eigenvalue weighted by atomic mass is 16.8. The van der Waals surface area contributed by atoms with Gasteiger partial charge in [0.2, 0.25) is 0 Å². The summed E-state index contributed by atoms with van der Waals surface area (Å²) in [4.78, 5) is 0. The lowest BCUT2D eigenvalue weighted by molar-refractivity contribution is -0.166. The van der Waals surface area contributed by atoms with Crippen LogP contribution in [-0.2, 0) is 28.4 Å². The quantitative estimate of drug-likeness (QED) is 0.253. The molecular weight excluding hydrogens is 464 g/mol. The zero-order valence-corrected chi connectivity index (χ0v) is 22.1. The van der Waals surface area contributed by atoms with E-state index in [2.05, 4.69) is 24.3 Å². The Hall–Kier alpha value is -2.20. The molecule has 2 aliphatic heterocycles. The van der Waals surface area contributed by atoms with Crippen molar-refractivity contribution in [3.05, 3.63) is 46.5 Å². The SMILES string of the molecule is Cc1cc(-c2cc(C)c(OCOC(C)OCC3CO3)c(C)c2)cc(C)c1OCOC(C)OCC1CO1. The predicted molar refractivity (Wildman–Crippen MR) is 134 cm³/mol. The van der Waals surface area contributed by atoms with Crippen LogP contribution in [0.1, 0.15) is 36.1 Å². The number of hydrogen-bond donors (Lipinski definition) is 0. The van der Waals surface area contributed by atoms with Gasteiger partial charge in [0.05, 0.1) is 26.4 Å². The van der Waals surface area contributed by atoms with Gasteiger partial charge in [0.1, 0.15) is 23.7 Å². The van der Waals surface area contributed by atoms with Gasteiger partial charge in [-0.1, -0.05) is 0 Å². The van der Waals surface area contributed by atoms with Crippen LogP contribution in [0.3, 0.4) is 0 Å². The van der Waals surface area contributed by atoms with Crippen molar-refractivity contribution in [2.75, 3.05) is 40.0 Å². The standard InChI is InChI=1S/C28H38O8/c1-17-7-23(8-18(2)27(17)35-15-33-21(5)29-11-25-13-31-25)24-9-19(3)28(20(4)10-24)36-16-34-22(6)30-12-26-14-32-26/h7-10,21-22,25-26H,11-16H2,1-6H3. The first-order valence-electron chi connectivity index (χ1n) is 12.5. The van der Waals surface area contributed by atoms with Crippen LogP contribution in [0.4, 0.5) is 0 Å². The van der Waals surface area contributed by atoms with Gasteiger partial charge in [0, 0.05) is 0 Å². The van der Waals surface area contributed by atoms with E-state index >= 15 is 0 Å². The molecule has 2 heterocycles. The summed E-state index contributed by atoms with van der Waals surface area (Å²) >= 11 is 0.